The van der Waals surface area contributed by atoms with Crippen molar-refractivity contribution in [2.75, 3.05) is 17.7 Å². The van der Waals surface area contributed by atoms with Gasteiger partial charge in [0.25, 0.3) is 0 Å². The third-order valence-corrected chi connectivity index (χ3v) is 3.68. The third-order valence-electron chi connectivity index (χ3n) is 3.68. The number of hydrogen-bond donors (Lipinski definition) is 3. The fourth-order valence-electron chi connectivity index (χ4n) is 1.92. The lowest BCUT2D eigenvalue weighted by Gasteiger charge is -2.18. The molecule has 0 unspecified atom stereocenters. The number of aliphatic hydroxyl groups is 1. The van der Waals surface area contributed by atoms with Gasteiger partial charge in [-0.25, -0.2) is 9.97 Å². The molecule has 1 heterocycles. The van der Waals surface area contributed by atoms with Gasteiger partial charge in [-0.1, -0.05) is 0 Å². The lowest BCUT2D eigenvalue weighted by Crippen LogP contribution is -2.27. The molecule has 3 rings (SSSR count). The SMILES string of the molecule is Cc1c(N)nc(C2CC2)nc1NC1(CO)CC1. The summed E-state index contributed by atoms with van der Waals surface area (Å²) in [7, 11) is 0. The summed E-state index contributed by atoms with van der Waals surface area (Å²) in [5.74, 6) is 2.69. The zero-order chi connectivity index (χ0) is 12.0. The van der Waals surface area contributed by atoms with E-state index >= 15 is 0 Å². The summed E-state index contributed by atoms with van der Waals surface area (Å²) < 4.78 is 0. The molecule has 2 saturated carbocycles. The summed E-state index contributed by atoms with van der Waals surface area (Å²) in [6.07, 6.45) is 4.30. The van der Waals surface area contributed by atoms with E-state index in [-0.39, 0.29) is 12.1 Å². The second-order valence-electron chi connectivity index (χ2n) is 5.28. The summed E-state index contributed by atoms with van der Waals surface area (Å²) in [6, 6.07) is 0. The molecule has 0 atom stereocenters. The van der Waals surface area contributed by atoms with Gasteiger partial charge in [0.2, 0.25) is 0 Å². The fraction of sp³-hybridized carbons (Fsp3) is 0.667. The first-order valence-electron chi connectivity index (χ1n) is 6.17. The molecule has 4 N–H and O–H groups in total. The number of nitrogens with zero attached hydrogens (tertiary/aromatic N) is 2. The van der Waals surface area contributed by atoms with Crippen molar-refractivity contribution in [2.45, 2.75) is 44.1 Å². The molecule has 0 radical (unpaired) electrons. The van der Waals surface area contributed by atoms with Crippen LogP contribution in [0.2, 0.25) is 0 Å². The maximum absolute atomic E-state index is 9.33. The monoisotopic (exact) mass is 234 g/mol. The molecule has 0 aromatic carbocycles. The van der Waals surface area contributed by atoms with Crippen molar-refractivity contribution >= 4 is 11.6 Å². The molecule has 2 fully saturated rings. The van der Waals surface area contributed by atoms with Crippen molar-refractivity contribution in [1.82, 2.24) is 9.97 Å². The molecule has 0 spiro atoms. The van der Waals surface area contributed by atoms with E-state index in [1.807, 2.05) is 6.92 Å². The minimum atomic E-state index is -0.160. The predicted molar refractivity (Wildman–Crippen MR) is 65.8 cm³/mol. The summed E-state index contributed by atoms with van der Waals surface area (Å²) in [4.78, 5) is 8.89. The molecule has 17 heavy (non-hydrogen) atoms. The van der Waals surface area contributed by atoms with Gasteiger partial charge in [-0.3, -0.25) is 0 Å². The highest BCUT2D eigenvalue weighted by atomic mass is 16.3. The standard InChI is InChI=1S/C12H18N4O/c1-7-9(13)14-11(8-2-3-8)15-10(7)16-12(6-17)4-5-12/h8,17H,2-6H2,1H3,(H3,13,14,15,16). The van der Waals surface area contributed by atoms with Crippen molar-refractivity contribution in [3.05, 3.63) is 11.4 Å². The molecule has 1 aromatic heterocycles. The van der Waals surface area contributed by atoms with E-state index in [1.54, 1.807) is 0 Å². The number of nitrogens with one attached hydrogen (secondary N) is 1. The van der Waals surface area contributed by atoms with Crippen LogP contribution in [0.3, 0.4) is 0 Å². The first kappa shape index (κ1) is 10.8. The lowest BCUT2D eigenvalue weighted by molar-refractivity contribution is 0.266. The summed E-state index contributed by atoms with van der Waals surface area (Å²) >= 11 is 0. The zero-order valence-electron chi connectivity index (χ0n) is 10.0. The van der Waals surface area contributed by atoms with E-state index in [0.29, 0.717) is 11.7 Å². The Bertz CT molecular complexity index is 452. The van der Waals surface area contributed by atoms with E-state index in [2.05, 4.69) is 15.3 Å². The Kier molecular flexibility index (Phi) is 2.26. The summed E-state index contributed by atoms with van der Waals surface area (Å²) in [5.41, 5.74) is 6.64. The first-order chi connectivity index (χ1) is 8.13. The van der Waals surface area contributed by atoms with Gasteiger partial charge in [0.15, 0.2) is 0 Å². The van der Waals surface area contributed by atoms with Crippen LogP contribution in [0.5, 0.6) is 0 Å². The van der Waals surface area contributed by atoms with Crippen molar-refractivity contribution in [2.24, 2.45) is 0 Å². The van der Waals surface area contributed by atoms with Crippen LogP contribution in [0.4, 0.5) is 11.6 Å². The minimum absolute atomic E-state index is 0.148. The second kappa shape index (κ2) is 3.57. The van der Waals surface area contributed by atoms with Crippen molar-refractivity contribution in [1.29, 1.82) is 0 Å². The number of nitrogens with two attached hydrogens (primary N) is 1. The quantitative estimate of drug-likeness (QED) is 0.728. The average Bonchev–Trinajstić information content (AvgIpc) is 3.18. The lowest BCUT2D eigenvalue weighted by atomic mass is 10.2. The molecule has 0 saturated heterocycles. The van der Waals surface area contributed by atoms with E-state index in [9.17, 15) is 5.11 Å². The molecule has 5 heteroatoms. The maximum Gasteiger partial charge on any atom is 0.136 e. The third kappa shape index (κ3) is 1.95. The van der Waals surface area contributed by atoms with Crippen LogP contribution in [0.1, 0.15) is 43.0 Å². The summed E-state index contributed by atoms with van der Waals surface area (Å²) in [5, 5.41) is 12.7. The van der Waals surface area contributed by atoms with Crippen LogP contribution >= 0.6 is 0 Å². The van der Waals surface area contributed by atoms with Crippen molar-refractivity contribution in [3.8, 4) is 0 Å². The van der Waals surface area contributed by atoms with Gasteiger partial charge in [0.05, 0.1) is 12.1 Å². The van der Waals surface area contributed by atoms with E-state index in [0.717, 1.165) is 42.9 Å². The Hall–Kier alpha value is -1.36. The van der Waals surface area contributed by atoms with Gasteiger partial charge in [-0.2, -0.15) is 0 Å². The second-order valence-corrected chi connectivity index (χ2v) is 5.28. The molecule has 0 amide bonds. The average molecular weight is 234 g/mol. The maximum atomic E-state index is 9.33. The van der Waals surface area contributed by atoms with Gasteiger partial charge in [-0.15, -0.1) is 0 Å². The Balaban J connectivity index is 1.91. The number of hydrogen-bond acceptors (Lipinski definition) is 5. The van der Waals surface area contributed by atoms with Crippen molar-refractivity contribution in [3.63, 3.8) is 0 Å². The molecular weight excluding hydrogens is 216 g/mol. The number of rotatable bonds is 4. The Morgan fingerprint density at radius 2 is 2.12 bits per heavy atom. The van der Waals surface area contributed by atoms with Crippen molar-refractivity contribution < 1.29 is 5.11 Å². The number of aromatic nitrogens is 2. The van der Waals surface area contributed by atoms with Gasteiger partial charge < -0.3 is 16.2 Å². The molecular formula is C12H18N4O. The van der Waals surface area contributed by atoms with E-state index in [4.69, 9.17) is 5.73 Å². The van der Waals surface area contributed by atoms with Gasteiger partial charge in [0, 0.05) is 11.5 Å². The highest BCUT2D eigenvalue weighted by Gasteiger charge is 2.43. The molecule has 1 aromatic rings. The highest BCUT2D eigenvalue weighted by molar-refractivity contribution is 5.57. The molecule has 2 aliphatic rings. The molecule has 0 aliphatic heterocycles. The fourth-order valence-corrected chi connectivity index (χ4v) is 1.92. The summed E-state index contributed by atoms with van der Waals surface area (Å²) in [6.45, 7) is 2.07. The Labute approximate surface area is 100 Å². The zero-order valence-corrected chi connectivity index (χ0v) is 10.0. The molecule has 0 bridgehead atoms. The normalized spacial score (nSPS) is 21.3. The highest BCUT2D eigenvalue weighted by Crippen LogP contribution is 2.42. The topological polar surface area (TPSA) is 84.1 Å². The smallest absolute Gasteiger partial charge is 0.136 e. The van der Waals surface area contributed by atoms with Crippen LogP contribution in [-0.4, -0.2) is 27.2 Å². The van der Waals surface area contributed by atoms with Crippen LogP contribution in [-0.2, 0) is 0 Å². The molecule has 2 aliphatic carbocycles. The van der Waals surface area contributed by atoms with Crippen LogP contribution in [0, 0.1) is 6.92 Å². The molecule has 5 nitrogen and oxygen atoms in total. The van der Waals surface area contributed by atoms with E-state index in [1.165, 1.54) is 0 Å². The van der Waals surface area contributed by atoms with Gasteiger partial charge in [-0.05, 0) is 32.6 Å². The minimum Gasteiger partial charge on any atom is -0.394 e. The first-order valence-corrected chi connectivity index (χ1v) is 6.17. The van der Waals surface area contributed by atoms with E-state index < -0.39 is 0 Å². The predicted octanol–water partition coefficient (Wildman–Crippen LogP) is 1.18. The van der Waals surface area contributed by atoms with Crippen LogP contribution < -0.4 is 11.1 Å². The van der Waals surface area contributed by atoms with Gasteiger partial charge >= 0.3 is 0 Å². The van der Waals surface area contributed by atoms with Crippen LogP contribution in [0.25, 0.3) is 0 Å². The number of anilines is 2. The Morgan fingerprint density at radius 3 is 2.65 bits per heavy atom. The number of aliphatic hydroxyl groups excluding tert-OH is 1. The van der Waals surface area contributed by atoms with Crippen LogP contribution in [0.15, 0.2) is 0 Å². The molecule has 92 valence electrons. The number of nitrogen functional groups attached to an aromatic ring is 1. The van der Waals surface area contributed by atoms with Gasteiger partial charge in [0.1, 0.15) is 17.5 Å². The largest absolute Gasteiger partial charge is 0.394 e. The Morgan fingerprint density at radius 1 is 1.41 bits per heavy atom.